The molecule has 8 heteroatoms. The molecule has 4 atom stereocenters. The number of nitrogens with one attached hydrogen (secondary N) is 2. The molecule has 2 aromatic rings. The zero-order chi connectivity index (χ0) is 30.4. The number of likely N-dealkylation sites (tertiary alicyclic amines) is 1. The fraction of sp³-hybridized carbons (Fsp3) is 0.600. The van der Waals surface area contributed by atoms with Crippen molar-refractivity contribution in [2.24, 2.45) is 5.92 Å². The minimum absolute atomic E-state index is 0.0173. The molecule has 2 aliphatic rings. The Morgan fingerprint density at radius 3 is 2.16 bits per heavy atom. The zero-order valence-electron chi connectivity index (χ0n) is 26.1. The second-order valence-electron chi connectivity index (χ2n) is 12.2. The predicted octanol–water partition coefficient (Wildman–Crippen LogP) is 5.55. The van der Waals surface area contributed by atoms with Crippen LogP contribution < -0.4 is 10.6 Å². The van der Waals surface area contributed by atoms with E-state index in [1.54, 1.807) is 0 Å². The Morgan fingerprint density at radius 1 is 0.837 bits per heavy atom. The molecule has 0 spiro atoms. The zero-order valence-corrected chi connectivity index (χ0v) is 26.1. The predicted molar refractivity (Wildman–Crippen MR) is 168 cm³/mol. The lowest BCUT2D eigenvalue weighted by Gasteiger charge is -2.43. The SMILES string of the molecule is CC(=O)NCCCCCC(=O)NCc1ccc([C@H]2O[C@@H](CN3CCCCCCC3)[C@@H](C)[C@@H](c3ccc(CO)cc3)O2)cc1. The first-order valence-electron chi connectivity index (χ1n) is 16.3. The number of carbonyl (C=O) groups excluding carboxylic acids is 2. The Morgan fingerprint density at radius 2 is 1.49 bits per heavy atom. The average Bonchev–Trinajstić information content (AvgIpc) is 3.00. The van der Waals surface area contributed by atoms with Crippen molar-refractivity contribution in [3.8, 4) is 0 Å². The molecule has 2 aromatic carbocycles. The van der Waals surface area contributed by atoms with Gasteiger partial charge >= 0.3 is 0 Å². The molecule has 4 rings (SSSR count). The molecule has 3 N–H and O–H groups in total. The van der Waals surface area contributed by atoms with Crippen molar-refractivity contribution in [3.63, 3.8) is 0 Å². The van der Waals surface area contributed by atoms with E-state index in [-0.39, 0.29) is 36.5 Å². The van der Waals surface area contributed by atoms with E-state index in [0.29, 0.717) is 19.5 Å². The van der Waals surface area contributed by atoms with Crippen molar-refractivity contribution >= 4 is 11.8 Å². The number of benzene rings is 2. The van der Waals surface area contributed by atoms with Crippen LogP contribution in [0, 0.1) is 5.92 Å². The minimum Gasteiger partial charge on any atom is -0.392 e. The number of amides is 2. The van der Waals surface area contributed by atoms with Crippen LogP contribution in [0.3, 0.4) is 0 Å². The maximum Gasteiger partial charge on any atom is 0.220 e. The van der Waals surface area contributed by atoms with Gasteiger partial charge in [-0.3, -0.25) is 9.59 Å². The second kappa shape index (κ2) is 17.5. The van der Waals surface area contributed by atoms with Gasteiger partial charge in [-0.05, 0) is 55.5 Å². The van der Waals surface area contributed by atoms with E-state index in [0.717, 1.165) is 61.2 Å². The lowest BCUT2D eigenvalue weighted by molar-refractivity contribution is -0.276. The first kappa shape index (κ1) is 33.1. The summed E-state index contributed by atoms with van der Waals surface area (Å²) in [7, 11) is 0. The highest BCUT2D eigenvalue weighted by Gasteiger charge is 2.39. The molecule has 0 unspecified atom stereocenters. The monoisotopic (exact) mass is 593 g/mol. The lowest BCUT2D eigenvalue weighted by Crippen LogP contribution is -2.45. The quantitative estimate of drug-likeness (QED) is 0.264. The molecule has 2 fully saturated rings. The standard InChI is InChI=1S/C35H51N3O5/c1-26-32(24-38-21-9-4-3-5-10-22-38)42-35(43-34(26)30-16-14-29(25-39)15-17-30)31-18-12-28(13-19-31)23-37-33(41)11-7-6-8-20-36-27(2)40/h12-19,26,32,34-35,39H,3-11,20-25H2,1-2H3,(H,36,40)(H,37,41)/t26-,32+,34+,35+/m1/s1. The van der Waals surface area contributed by atoms with Crippen LogP contribution in [0.25, 0.3) is 0 Å². The molecule has 2 amide bonds. The summed E-state index contributed by atoms with van der Waals surface area (Å²) in [5.74, 6) is 0.191. The molecule has 0 aromatic heterocycles. The second-order valence-corrected chi connectivity index (χ2v) is 12.2. The molecular weight excluding hydrogens is 542 g/mol. The third-order valence-electron chi connectivity index (χ3n) is 8.71. The van der Waals surface area contributed by atoms with Crippen molar-refractivity contribution in [1.82, 2.24) is 15.5 Å². The van der Waals surface area contributed by atoms with Gasteiger partial charge in [-0.2, -0.15) is 0 Å². The van der Waals surface area contributed by atoms with Gasteiger partial charge in [-0.25, -0.2) is 0 Å². The van der Waals surface area contributed by atoms with Gasteiger partial charge in [0.25, 0.3) is 0 Å². The van der Waals surface area contributed by atoms with E-state index < -0.39 is 6.29 Å². The molecule has 0 saturated carbocycles. The summed E-state index contributed by atoms with van der Waals surface area (Å²) < 4.78 is 13.3. The van der Waals surface area contributed by atoms with Crippen molar-refractivity contribution in [1.29, 1.82) is 0 Å². The number of hydrogen-bond acceptors (Lipinski definition) is 6. The average molecular weight is 594 g/mol. The fourth-order valence-corrected chi connectivity index (χ4v) is 6.01. The number of unbranched alkanes of at least 4 members (excludes halogenated alkanes) is 2. The van der Waals surface area contributed by atoms with E-state index in [2.05, 4.69) is 34.6 Å². The molecule has 0 aliphatic carbocycles. The van der Waals surface area contributed by atoms with Gasteiger partial charge in [0.1, 0.15) is 0 Å². The van der Waals surface area contributed by atoms with E-state index in [1.165, 1.54) is 39.0 Å². The largest absolute Gasteiger partial charge is 0.392 e. The number of nitrogens with zero attached hydrogens (tertiary/aromatic N) is 1. The Bertz CT molecular complexity index is 1120. The van der Waals surface area contributed by atoms with Crippen LogP contribution in [0.1, 0.15) is 106 Å². The van der Waals surface area contributed by atoms with E-state index in [4.69, 9.17) is 9.47 Å². The van der Waals surface area contributed by atoms with E-state index in [1.807, 2.05) is 36.4 Å². The first-order chi connectivity index (χ1) is 20.9. The Hall–Kier alpha value is -2.78. The van der Waals surface area contributed by atoms with Crippen molar-refractivity contribution in [2.75, 3.05) is 26.2 Å². The number of rotatable bonds is 13. The van der Waals surface area contributed by atoms with Gasteiger partial charge in [0.2, 0.25) is 11.8 Å². The number of hydrogen-bond donors (Lipinski definition) is 3. The van der Waals surface area contributed by atoms with Gasteiger partial charge in [-0.1, -0.05) is 81.1 Å². The van der Waals surface area contributed by atoms with Crippen molar-refractivity contribution in [2.45, 2.75) is 103 Å². The van der Waals surface area contributed by atoms with E-state index in [9.17, 15) is 14.7 Å². The number of aliphatic hydroxyl groups excluding tert-OH is 1. The van der Waals surface area contributed by atoms with Gasteiger partial charge in [0.15, 0.2) is 6.29 Å². The first-order valence-corrected chi connectivity index (χ1v) is 16.3. The normalized spacial score (nSPS) is 23.2. The van der Waals surface area contributed by atoms with Gasteiger partial charge in [0.05, 0.1) is 18.8 Å². The molecule has 2 aliphatic heterocycles. The van der Waals surface area contributed by atoms with Crippen LogP contribution in [0.4, 0.5) is 0 Å². The van der Waals surface area contributed by atoms with Crippen LogP contribution in [-0.2, 0) is 32.2 Å². The number of ether oxygens (including phenoxy) is 2. The summed E-state index contributed by atoms with van der Waals surface area (Å²) in [5, 5.41) is 15.3. The van der Waals surface area contributed by atoms with Crippen molar-refractivity contribution in [3.05, 3.63) is 70.8 Å². The van der Waals surface area contributed by atoms with E-state index >= 15 is 0 Å². The molecule has 8 nitrogen and oxygen atoms in total. The minimum atomic E-state index is -0.486. The van der Waals surface area contributed by atoms with Crippen LogP contribution in [0.2, 0.25) is 0 Å². The molecule has 2 saturated heterocycles. The Labute approximate surface area is 257 Å². The van der Waals surface area contributed by atoms with Crippen LogP contribution in [-0.4, -0.2) is 54.1 Å². The number of aliphatic hydroxyl groups is 1. The lowest BCUT2D eigenvalue weighted by atomic mass is 9.89. The third kappa shape index (κ3) is 10.7. The molecule has 2 heterocycles. The third-order valence-corrected chi connectivity index (χ3v) is 8.71. The molecule has 0 radical (unpaired) electrons. The van der Waals surface area contributed by atoms with Crippen LogP contribution in [0.15, 0.2) is 48.5 Å². The van der Waals surface area contributed by atoms with Crippen molar-refractivity contribution < 1.29 is 24.2 Å². The molecule has 43 heavy (non-hydrogen) atoms. The topological polar surface area (TPSA) is 100 Å². The fourth-order valence-electron chi connectivity index (χ4n) is 6.01. The summed E-state index contributed by atoms with van der Waals surface area (Å²) in [6.45, 7) is 8.03. The highest BCUT2D eigenvalue weighted by Crippen LogP contribution is 2.42. The molecule has 0 bridgehead atoms. The van der Waals surface area contributed by atoms with Crippen LogP contribution >= 0.6 is 0 Å². The molecular formula is C35H51N3O5. The maximum atomic E-state index is 12.3. The number of carbonyl (C=O) groups is 2. The summed E-state index contributed by atoms with van der Waals surface area (Å²) in [4.78, 5) is 25.8. The summed E-state index contributed by atoms with van der Waals surface area (Å²) >= 11 is 0. The maximum absolute atomic E-state index is 12.3. The van der Waals surface area contributed by atoms with Crippen LogP contribution in [0.5, 0.6) is 0 Å². The van der Waals surface area contributed by atoms with Gasteiger partial charge in [-0.15, -0.1) is 0 Å². The smallest absolute Gasteiger partial charge is 0.220 e. The Balaban J connectivity index is 1.36. The van der Waals surface area contributed by atoms with Gasteiger partial charge in [0, 0.05) is 44.5 Å². The van der Waals surface area contributed by atoms with Gasteiger partial charge < -0.3 is 30.1 Å². The summed E-state index contributed by atoms with van der Waals surface area (Å²) in [6, 6.07) is 16.2. The summed E-state index contributed by atoms with van der Waals surface area (Å²) in [6.07, 6.45) is 8.92. The Kier molecular flexibility index (Phi) is 13.5. The molecule has 236 valence electrons. The summed E-state index contributed by atoms with van der Waals surface area (Å²) in [5.41, 5.74) is 3.99. The highest BCUT2D eigenvalue weighted by atomic mass is 16.7. The highest BCUT2D eigenvalue weighted by molar-refractivity contribution is 5.75.